The molecule has 0 saturated carbocycles. The van der Waals surface area contributed by atoms with Gasteiger partial charge in [-0.25, -0.2) is 4.79 Å². The molecule has 94 valence electrons. The predicted molar refractivity (Wildman–Crippen MR) is 68.4 cm³/mol. The van der Waals surface area contributed by atoms with Crippen molar-refractivity contribution in [3.63, 3.8) is 0 Å². The van der Waals surface area contributed by atoms with E-state index in [2.05, 4.69) is 36.6 Å². The lowest BCUT2D eigenvalue weighted by atomic mass is 9.85. The highest BCUT2D eigenvalue weighted by molar-refractivity contribution is 5.64. The summed E-state index contributed by atoms with van der Waals surface area (Å²) >= 11 is 0. The molecule has 0 heterocycles. The fourth-order valence-corrected chi connectivity index (χ4v) is 1.65. The van der Waals surface area contributed by atoms with Gasteiger partial charge in [0.1, 0.15) is 0 Å². The second-order valence-electron chi connectivity index (χ2n) is 4.66. The Morgan fingerprint density at radius 2 is 1.88 bits per heavy atom. The van der Waals surface area contributed by atoms with Crippen molar-refractivity contribution < 1.29 is 9.90 Å². The fourth-order valence-electron chi connectivity index (χ4n) is 1.65. The molecule has 0 aliphatic carbocycles. The Bertz CT molecular complexity index is 350. The second-order valence-corrected chi connectivity index (χ2v) is 4.66. The molecule has 0 aliphatic heterocycles. The van der Waals surface area contributed by atoms with Gasteiger partial charge >= 0.3 is 6.09 Å². The Kier molecular flexibility index (Phi) is 4.97. The molecular formula is C13H20N2O2. The SMILES string of the molecule is CC(C)(CNCCNC(=O)O)c1ccccc1. The molecule has 0 saturated heterocycles. The number of amides is 1. The average molecular weight is 236 g/mol. The summed E-state index contributed by atoms with van der Waals surface area (Å²) in [7, 11) is 0. The zero-order chi connectivity index (χ0) is 12.7. The molecule has 0 bridgehead atoms. The maximum atomic E-state index is 10.2. The summed E-state index contributed by atoms with van der Waals surface area (Å²) in [5.74, 6) is 0. The van der Waals surface area contributed by atoms with Gasteiger partial charge in [0.2, 0.25) is 0 Å². The van der Waals surface area contributed by atoms with Crippen LogP contribution in [0.15, 0.2) is 30.3 Å². The number of hydrogen-bond donors (Lipinski definition) is 3. The van der Waals surface area contributed by atoms with E-state index in [1.807, 2.05) is 18.2 Å². The lowest BCUT2D eigenvalue weighted by Crippen LogP contribution is -2.37. The number of rotatable bonds is 6. The number of benzene rings is 1. The number of hydrogen-bond acceptors (Lipinski definition) is 2. The first-order chi connectivity index (χ1) is 8.02. The van der Waals surface area contributed by atoms with Gasteiger partial charge < -0.3 is 15.7 Å². The number of carbonyl (C=O) groups is 1. The van der Waals surface area contributed by atoms with Gasteiger partial charge in [0, 0.05) is 25.0 Å². The van der Waals surface area contributed by atoms with Gasteiger partial charge in [-0.15, -0.1) is 0 Å². The minimum atomic E-state index is -0.978. The largest absolute Gasteiger partial charge is 0.465 e. The summed E-state index contributed by atoms with van der Waals surface area (Å²) in [4.78, 5) is 10.2. The van der Waals surface area contributed by atoms with Gasteiger partial charge in [-0.1, -0.05) is 44.2 Å². The van der Waals surface area contributed by atoms with E-state index in [1.165, 1.54) is 5.56 Å². The first-order valence-electron chi connectivity index (χ1n) is 5.75. The van der Waals surface area contributed by atoms with E-state index in [4.69, 9.17) is 5.11 Å². The lowest BCUT2D eigenvalue weighted by Gasteiger charge is -2.25. The van der Waals surface area contributed by atoms with E-state index < -0.39 is 6.09 Å². The Morgan fingerprint density at radius 3 is 2.47 bits per heavy atom. The highest BCUT2D eigenvalue weighted by Crippen LogP contribution is 2.21. The Hall–Kier alpha value is -1.55. The van der Waals surface area contributed by atoms with Crippen molar-refractivity contribution in [2.75, 3.05) is 19.6 Å². The molecule has 0 unspecified atom stereocenters. The quantitative estimate of drug-likeness (QED) is 0.660. The topological polar surface area (TPSA) is 61.4 Å². The molecule has 17 heavy (non-hydrogen) atoms. The van der Waals surface area contributed by atoms with Crippen molar-refractivity contribution in [1.82, 2.24) is 10.6 Å². The second kappa shape index (κ2) is 6.25. The molecule has 0 spiro atoms. The zero-order valence-corrected chi connectivity index (χ0v) is 10.4. The maximum Gasteiger partial charge on any atom is 0.404 e. The van der Waals surface area contributed by atoms with E-state index in [0.29, 0.717) is 13.1 Å². The summed E-state index contributed by atoms with van der Waals surface area (Å²) in [6.45, 7) is 6.22. The average Bonchev–Trinajstić information content (AvgIpc) is 2.29. The molecule has 4 heteroatoms. The van der Waals surface area contributed by atoms with Gasteiger partial charge in [0.15, 0.2) is 0 Å². The van der Waals surface area contributed by atoms with Crippen LogP contribution in [0.3, 0.4) is 0 Å². The smallest absolute Gasteiger partial charge is 0.404 e. The van der Waals surface area contributed by atoms with Gasteiger partial charge in [-0.2, -0.15) is 0 Å². The number of nitrogens with one attached hydrogen (secondary N) is 2. The molecule has 1 rings (SSSR count). The van der Waals surface area contributed by atoms with Crippen molar-refractivity contribution in [2.45, 2.75) is 19.3 Å². The Balaban J connectivity index is 2.33. The molecular weight excluding hydrogens is 216 g/mol. The molecule has 1 aromatic carbocycles. The van der Waals surface area contributed by atoms with E-state index >= 15 is 0 Å². The zero-order valence-electron chi connectivity index (χ0n) is 10.4. The minimum absolute atomic E-state index is 0.0461. The van der Waals surface area contributed by atoms with Crippen molar-refractivity contribution in [1.29, 1.82) is 0 Å². The normalized spacial score (nSPS) is 11.2. The van der Waals surface area contributed by atoms with Crippen LogP contribution in [0.2, 0.25) is 0 Å². The standard InChI is InChI=1S/C13H20N2O2/c1-13(2,11-6-4-3-5-7-11)10-14-8-9-15-12(16)17/h3-7,14-15H,8-10H2,1-2H3,(H,16,17). The van der Waals surface area contributed by atoms with Crippen LogP contribution in [0.1, 0.15) is 19.4 Å². The van der Waals surface area contributed by atoms with Crippen LogP contribution >= 0.6 is 0 Å². The first kappa shape index (κ1) is 13.5. The first-order valence-corrected chi connectivity index (χ1v) is 5.75. The summed E-state index contributed by atoms with van der Waals surface area (Å²) in [6.07, 6.45) is -0.978. The highest BCUT2D eigenvalue weighted by Gasteiger charge is 2.19. The van der Waals surface area contributed by atoms with Crippen LogP contribution in [0.5, 0.6) is 0 Å². The molecule has 1 aromatic rings. The van der Waals surface area contributed by atoms with Gasteiger partial charge in [0.25, 0.3) is 0 Å². The molecule has 0 aliphatic rings. The van der Waals surface area contributed by atoms with Crippen molar-refractivity contribution in [2.24, 2.45) is 0 Å². The molecule has 4 nitrogen and oxygen atoms in total. The predicted octanol–water partition coefficient (Wildman–Crippen LogP) is 1.82. The van der Waals surface area contributed by atoms with Crippen LogP contribution in [0.25, 0.3) is 0 Å². The van der Waals surface area contributed by atoms with Crippen LogP contribution in [0, 0.1) is 0 Å². The molecule has 3 N–H and O–H groups in total. The third kappa shape index (κ3) is 4.87. The molecule has 0 radical (unpaired) electrons. The van der Waals surface area contributed by atoms with E-state index in [0.717, 1.165) is 6.54 Å². The lowest BCUT2D eigenvalue weighted by molar-refractivity contribution is 0.194. The summed E-state index contributed by atoms with van der Waals surface area (Å²) < 4.78 is 0. The molecule has 1 amide bonds. The third-order valence-electron chi connectivity index (χ3n) is 2.70. The maximum absolute atomic E-state index is 10.2. The van der Waals surface area contributed by atoms with Crippen LogP contribution in [-0.4, -0.2) is 30.8 Å². The summed E-state index contributed by atoms with van der Waals surface area (Å²) in [5, 5.41) is 14.0. The molecule has 0 atom stereocenters. The Labute approximate surface area is 102 Å². The van der Waals surface area contributed by atoms with E-state index in [9.17, 15) is 4.79 Å². The third-order valence-corrected chi connectivity index (χ3v) is 2.70. The molecule has 0 fully saturated rings. The molecule has 0 aromatic heterocycles. The van der Waals surface area contributed by atoms with E-state index in [-0.39, 0.29) is 5.41 Å². The summed E-state index contributed by atoms with van der Waals surface area (Å²) in [5.41, 5.74) is 1.32. The van der Waals surface area contributed by atoms with E-state index in [1.54, 1.807) is 0 Å². The minimum Gasteiger partial charge on any atom is -0.465 e. The van der Waals surface area contributed by atoms with Gasteiger partial charge in [-0.05, 0) is 5.56 Å². The van der Waals surface area contributed by atoms with Crippen LogP contribution in [-0.2, 0) is 5.41 Å². The van der Waals surface area contributed by atoms with Crippen LogP contribution in [0.4, 0.5) is 4.79 Å². The highest BCUT2D eigenvalue weighted by atomic mass is 16.4. The number of carboxylic acid groups (broad SMARTS) is 1. The van der Waals surface area contributed by atoms with Crippen molar-refractivity contribution in [3.8, 4) is 0 Å². The summed E-state index contributed by atoms with van der Waals surface area (Å²) in [6, 6.07) is 10.3. The van der Waals surface area contributed by atoms with Gasteiger partial charge in [-0.3, -0.25) is 0 Å². The monoisotopic (exact) mass is 236 g/mol. The van der Waals surface area contributed by atoms with Gasteiger partial charge in [0.05, 0.1) is 0 Å². The fraction of sp³-hybridized carbons (Fsp3) is 0.462. The van der Waals surface area contributed by atoms with Crippen molar-refractivity contribution in [3.05, 3.63) is 35.9 Å². The van der Waals surface area contributed by atoms with Crippen LogP contribution < -0.4 is 10.6 Å². The van der Waals surface area contributed by atoms with Crippen molar-refractivity contribution >= 4 is 6.09 Å². The Morgan fingerprint density at radius 1 is 1.24 bits per heavy atom.